The Morgan fingerprint density at radius 1 is 1.03 bits per heavy atom. The Balaban J connectivity index is 1.19. The van der Waals surface area contributed by atoms with E-state index in [2.05, 4.69) is 44.8 Å². The number of benzene rings is 2. The summed E-state index contributed by atoms with van der Waals surface area (Å²) in [5.41, 5.74) is 3.45. The summed E-state index contributed by atoms with van der Waals surface area (Å²) in [6.07, 6.45) is 3.46. The van der Waals surface area contributed by atoms with Crippen LogP contribution in [0.5, 0.6) is 5.75 Å². The van der Waals surface area contributed by atoms with Crippen LogP contribution in [0.1, 0.15) is 30.4 Å². The van der Waals surface area contributed by atoms with Crippen molar-refractivity contribution in [2.45, 2.75) is 32.4 Å². The second-order valence-corrected chi connectivity index (χ2v) is 8.31. The molecule has 2 aliphatic heterocycles. The summed E-state index contributed by atoms with van der Waals surface area (Å²) in [6.45, 7) is 5.68. The molecule has 0 aliphatic carbocycles. The van der Waals surface area contributed by atoms with Crippen LogP contribution in [0, 0.1) is 0 Å². The van der Waals surface area contributed by atoms with Crippen LogP contribution < -0.4 is 20.3 Å². The third-order valence-electron chi connectivity index (χ3n) is 5.97. The number of carbonyl (C=O) groups is 1. The number of hydrogen-bond donors (Lipinski definition) is 2. The molecule has 0 radical (unpaired) electrons. The number of nitrogens with zero attached hydrogens (tertiary/aromatic N) is 3. The molecular weight excluding hydrogens is 402 g/mol. The highest BCUT2D eigenvalue weighted by molar-refractivity contribution is 5.97. The molecule has 0 aromatic heterocycles. The van der Waals surface area contributed by atoms with Crippen molar-refractivity contribution in [1.82, 2.24) is 15.5 Å². The first-order chi connectivity index (χ1) is 15.7. The molecule has 2 N–H and O–H groups in total. The lowest BCUT2D eigenvalue weighted by atomic mass is 10.1. The van der Waals surface area contributed by atoms with Gasteiger partial charge in [0.15, 0.2) is 12.6 Å². The van der Waals surface area contributed by atoms with Crippen LogP contribution in [0.3, 0.4) is 0 Å². The average molecular weight is 436 g/mol. The minimum Gasteiger partial charge on any atom is -0.482 e. The van der Waals surface area contributed by atoms with Gasteiger partial charge in [-0.3, -0.25) is 14.7 Å². The van der Waals surface area contributed by atoms with Crippen LogP contribution >= 0.6 is 0 Å². The molecule has 2 heterocycles. The second kappa shape index (κ2) is 11.0. The lowest BCUT2D eigenvalue weighted by molar-refractivity contribution is -0.121. The van der Waals surface area contributed by atoms with Gasteiger partial charge in [0.25, 0.3) is 5.91 Å². The van der Waals surface area contributed by atoms with Crippen LogP contribution in [0.25, 0.3) is 0 Å². The molecule has 4 rings (SSSR count). The van der Waals surface area contributed by atoms with Gasteiger partial charge in [0.2, 0.25) is 0 Å². The monoisotopic (exact) mass is 435 g/mol. The fraction of sp³-hybridized carbons (Fsp3) is 0.440. The SMILES string of the molecule is CN=C(NCCCN1C(=O)COc2ccccc21)NCc1ccc(CN2CCCC2)cc1. The number of para-hydroxylation sites is 2. The number of hydrogen-bond acceptors (Lipinski definition) is 4. The molecule has 2 aromatic rings. The van der Waals surface area contributed by atoms with Gasteiger partial charge in [-0.15, -0.1) is 0 Å². The van der Waals surface area contributed by atoms with Crippen LogP contribution in [0.15, 0.2) is 53.5 Å². The highest BCUT2D eigenvalue weighted by atomic mass is 16.5. The Kier molecular flexibility index (Phi) is 7.61. The molecular formula is C25H33N5O2. The fourth-order valence-corrected chi connectivity index (χ4v) is 4.21. The zero-order valence-electron chi connectivity index (χ0n) is 18.8. The van der Waals surface area contributed by atoms with E-state index in [4.69, 9.17) is 4.74 Å². The van der Waals surface area contributed by atoms with E-state index in [1.54, 1.807) is 11.9 Å². The van der Waals surface area contributed by atoms with Gasteiger partial charge in [0.1, 0.15) is 5.75 Å². The number of amides is 1. The number of aliphatic imine (C=N–C) groups is 1. The van der Waals surface area contributed by atoms with Crippen molar-refractivity contribution in [3.63, 3.8) is 0 Å². The lowest BCUT2D eigenvalue weighted by Gasteiger charge is -2.29. The average Bonchev–Trinajstić information content (AvgIpc) is 3.34. The highest BCUT2D eigenvalue weighted by Crippen LogP contribution is 2.31. The number of ether oxygens (including phenoxy) is 1. The van der Waals surface area contributed by atoms with Crippen molar-refractivity contribution in [2.75, 3.05) is 44.7 Å². The van der Waals surface area contributed by atoms with Crippen molar-refractivity contribution in [2.24, 2.45) is 4.99 Å². The first-order valence-corrected chi connectivity index (χ1v) is 11.5. The van der Waals surface area contributed by atoms with E-state index in [0.717, 1.165) is 43.5 Å². The molecule has 1 amide bonds. The second-order valence-electron chi connectivity index (χ2n) is 8.31. The molecule has 2 aromatic carbocycles. The summed E-state index contributed by atoms with van der Waals surface area (Å²) in [4.78, 5) is 20.9. The zero-order chi connectivity index (χ0) is 22.2. The van der Waals surface area contributed by atoms with Crippen LogP contribution in [-0.2, 0) is 17.9 Å². The number of carbonyl (C=O) groups excluding carboxylic acids is 1. The summed E-state index contributed by atoms with van der Waals surface area (Å²) in [6, 6.07) is 16.5. The predicted molar refractivity (Wildman–Crippen MR) is 128 cm³/mol. The van der Waals surface area contributed by atoms with E-state index in [1.807, 2.05) is 24.3 Å². The minimum atomic E-state index is -0.000569. The van der Waals surface area contributed by atoms with Gasteiger partial charge in [0, 0.05) is 33.2 Å². The third-order valence-corrected chi connectivity index (χ3v) is 5.97. The Morgan fingerprint density at radius 3 is 2.56 bits per heavy atom. The lowest BCUT2D eigenvalue weighted by Crippen LogP contribution is -2.41. The maximum atomic E-state index is 12.3. The molecule has 170 valence electrons. The summed E-state index contributed by atoms with van der Waals surface area (Å²) >= 11 is 0. The summed E-state index contributed by atoms with van der Waals surface area (Å²) in [5, 5.41) is 6.71. The van der Waals surface area contributed by atoms with Crippen molar-refractivity contribution in [3.05, 3.63) is 59.7 Å². The number of likely N-dealkylation sites (tertiary alicyclic amines) is 1. The molecule has 2 aliphatic rings. The van der Waals surface area contributed by atoms with Crippen LogP contribution in [0.2, 0.25) is 0 Å². The maximum absolute atomic E-state index is 12.3. The number of fused-ring (bicyclic) bond motifs is 1. The van der Waals surface area contributed by atoms with Crippen molar-refractivity contribution < 1.29 is 9.53 Å². The molecule has 1 saturated heterocycles. The quantitative estimate of drug-likeness (QED) is 0.379. The maximum Gasteiger partial charge on any atom is 0.265 e. The van der Waals surface area contributed by atoms with Gasteiger partial charge >= 0.3 is 0 Å². The number of nitrogens with one attached hydrogen (secondary N) is 2. The van der Waals surface area contributed by atoms with E-state index in [9.17, 15) is 4.79 Å². The minimum absolute atomic E-state index is 0.000569. The molecule has 0 bridgehead atoms. The molecule has 7 heteroatoms. The Hall–Kier alpha value is -3.06. The first-order valence-electron chi connectivity index (χ1n) is 11.5. The third kappa shape index (κ3) is 5.79. The van der Waals surface area contributed by atoms with Gasteiger partial charge in [0.05, 0.1) is 5.69 Å². The van der Waals surface area contributed by atoms with E-state index < -0.39 is 0 Å². The van der Waals surface area contributed by atoms with Gasteiger partial charge in [-0.1, -0.05) is 36.4 Å². The van der Waals surface area contributed by atoms with Crippen molar-refractivity contribution in [3.8, 4) is 5.75 Å². The van der Waals surface area contributed by atoms with Gasteiger partial charge in [-0.25, -0.2) is 0 Å². The number of guanidine groups is 1. The normalized spacial score (nSPS) is 16.6. The zero-order valence-corrected chi connectivity index (χ0v) is 18.8. The van der Waals surface area contributed by atoms with E-state index in [0.29, 0.717) is 6.54 Å². The van der Waals surface area contributed by atoms with E-state index >= 15 is 0 Å². The predicted octanol–water partition coefficient (Wildman–Crippen LogP) is 2.76. The van der Waals surface area contributed by atoms with Crippen molar-refractivity contribution in [1.29, 1.82) is 0 Å². The topological polar surface area (TPSA) is 69.2 Å². The number of anilines is 1. The smallest absolute Gasteiger partial charge is 0.265 e. The molecule has 0 spiro atoms. The Labute approximate surface area is 190 Å². The molecule has 1 fully saturated rings. The van der Waals surface area contributed by atoms with Crippen LogP contribution in [-0.4, -0.2) is 56.6 Å². The molecule has 32 heavy (non-hydrogen) atoms. The first kappa shape index (κ1) is 22.1. The molecule has 0 unspecified atom stereocenters. The van der Waals surface area contributed by atoms with E-state index in [1.165, 1.54) is 37.1 Å². The summed E-state index contributed by atoms with van der Waals surface area (Å²) in [5.74, 6) is 1.53. The largest absolute Gasteiger partial charge is 0.482 e. The van der Waals surface area contributed by atoms with Crippen molar-refractivity contribution >= 4 is 17.6 Å². The van der Waals surface area contributed by atoms with Crippen LogP contribution in [0.4, 0.5) is 5.69 Å². The Morgan fingerprint density at radius 2 is 1.78 bits per heavy atom. The Bertz CT molecular complexity index is 922. The van der Waals surface area contributed by atoms with Gasteiger partial charge in [-0.2, -0.15) is 0 Å². The molecule has 0 atom stereocenters. The molecule has 0 saturated carbocycles. The summed E-state index contributed by atoms with van der Waals surface area (Å²) < 4.78 is 5.50. The molecule has 7 nitrogen and oxygen atoms in total. The standard InChI is InChI=1S/C25H33N5O2/c1-26-25(28-17-20-9-11-21(12-10-20)18-29-14-4-5-15-29)27-13-6-16-30-22-7-2-3-8-23(22)32-19-24(30)31/h2-3,7-12H,4-6,13-19H2,1H3,(H2,26,27,28). The van der Waals surface area contributed by atoms with Gasteiger partial charge < -0.3 is 20.3 Å². The van der Waals surface area contributed by atoms with E-state index in [-0.39, 0.29) is 12.5 Å². The van der Waals surface area contributed by atoms with Gasteiger partial charge in [-0.05, 0) is 55.6 Å². The highest BCUT2D eigenvalue weighted by Gasteiger charge is 2.24. The summed E-state index contributed by atoms with van der Waals surface area (Å²) in [7, 11) is 1.77. The fourth-order valence-electron chi connectivity index (χ4n) is 4.21. The number of rotatable bonds is 8.